The summed E-state index contributed by atoms with van der Waals surface area (Å²) in [6.45, 7) is 3.99. The molecule has 194 valence electrons. The van der Waals surface area contributed by atoms with Gasteiger partial charge in [-0.05, 0) is 81.1 Å². The number of alkyl halides is 1. The van der Waals surface area contributed by atoms with Crippen molar-refractivity contribution < 1.29 is 13.6 Å². The van der Waals surface area contributed by atoms with Gasteiger partial charge in [0.2, 0.25) is 5.78 Å². The molecular weight excluding hydrogens is 474 g/mol. The lowest BCUT2D eigenvalue weighted by Gasteiger charge is -2.28. The maximum absolute atomic E-state index is 15.0. The molecule has 2 aliphatic rings. The summed E-state index contributed by atoms with van der Waals surface area (Å²) < 4.78 is 30.1. The molecule has 0 radical (unpaired) electrons. The summed E-state index contributed by atoms with van der Waals surface area (Å²) in [7, 11) is 0. The van der Waals surface area contributed by atoms with Crippen LogP contribution in [-0.2, 0) is 0 Å². The summed E-state index contributed by atoms with van der Waals surface area (Å²) in [6.07, 6.45) is 5.33. The average molecular weight is 507 g/mol. The van der Waals surface area contributed by atoms with Crippen molar-refractivity contribution in [2.45, 2.75) is 44.3 Å². The highest BCUT2D eigenvalue weighted by Gasteiger charge is 2.20. The van der Waals surface area contributed by atoms with Gasteiger partial charge in [-0.2, -0.15) is 0 Å². The number of hydrogen-bond acceptors (Lipinski definition) is 4. The minimum absolute atomic E-state index is 0.129. The minimum Gasteiger partial charge on any atom is -0.352 e. The molecule has 3 N–H and O–H groups in total. The first-order valence-corrected chi connectivity index (χ1v) is 13.2. The second-order valence-corrected chi connectivity index (χ2v) is 10.2. The number of piperidine rings is 1. The zero-order valence-electron chi connectivity index (χ0n) is 20.8. The van der Waals surface area contributed by atoms with Crippen LogP contribution in [0.5, 0.6) is 0 Å². The van der Waals surface area contributed by atoms with E-state index in [-0.39, 0.29) is 17.8 Å². The zero-order valence-corrected chi connectivity index (χ0v) is 20.8. The van der Waals surface area contributed by atoms with Crippen molar-refractivity contribution in [3.05, 3.63) is 59.5 Å². The summed E-state index contributed by atoms with van der Waals surface area (Å²) in [4.78, 5) is 22.8. The molecule has 2 fully saturated rings. The highest BCUT2D eigenvalue weighted by Crippen LogP contribution is 2.30. The van der Waals surface area contributed by atoms with Gasteiger partial charge in [0.05, 0.1) is 16.7 Å². The van der Waals surface area contributed by atoms with Gasteiger partial charge in [-0.15, -0.1) is 0 Å². The number of fused-ring (bicyclic) bond motifs is 3. The number of amides is 1. The molecular formula is C28H32F2N6O. The first kappa shape index (κ1) is 24.1. The molecule has 0 spiro atoms. The van der Waals surface area contributed by atoms with Crippen LogP contribution in [0.3, 0.4) is 0 Å². The molecule has 7 nitrogen and oxygen atoms in total. The van der Waals surface area contributed by atoms with Crippen molar-refractivity contribution in [1.29, 1.82) is 0 Å². The van der Waals surface area contributed by atoms with E-state index in [0.29, 0.717) is 42.0 Å². The fourth-order valence-corrected chi connectivity index (χ4v) is 5.55. The summed E-state index contributed by atoms with van der Waals surface area (Å²) >= 11 is 0. The van der Waals surface area contributed by atoms with Crippen LogP contribution in [0.15, 0.2) is 42.6 Å². The van der Waals surface area contributed by atoms with E-state index in [1.807, 2.05) is 28.8 Å². The number of imidazole rings is 2. The Morgan fingerprint density at radius 1 is 1.14 bits per heavy atom. The van der Waals surface area contributed by atoms with Crippen LogP contribution in [0.1, 0.15) is 54.1 Å². The molecule has 0 aliphatic carbocycles. The number of nitrogens with zero attached hydrogens (tertiary/aromatic N) is 3. The fourth-order valence-electron chi connectivity index (χ4n) is 5.55. The van der Waals surface area contributed by atoms with Gasteiger partial charge in [0, 0.05) is 43.0 Å². The lowest BCUT2D eigenvalue weighted by atomic mass is 10.0. The maximum atomic E-state index is 15.0. The standard InChI is InChI=1S/C28H32F2N6O/c29-20-8-13-35(14-9-20)12-2-11-32-27(37)19-5-7-26-24(16-19)33-28-34-25(17-36(26)28)21-6-4-18(15-22(21)30)23-3-1-10-31-23/h4-7,15-17,20,23,31H,1-3,8-14H2,(H,32,37)(H,33,34)/t23-/m0/s1. The number of likely N-dealkylation sites (tertiary alicyclic amines) is 1. The highest BCUT2D eigenvalue weighted by atomic mass is 19.1. The molecule has 0 bridgehead atoms. The molecule has 2 aromatic heterocycles. The van der Waals surface area contributed by atoms with Crippen molar-refractivity contribution >= 4 is 22.7 Å². The summed E-state index contributed by atoms with van der Waals surface area (Å²) in [5, 5.41) is 6.38. The van der Waals surface area contributed by atoms with E-state index < -0.39 is 6.17 Å². The number of carbonyl (C=O) groups excluding carboxylic acids is 1. The first-order valence-electron chi connectivity index (χ1n) is 13.2. The predicted octanol–water partition coefficient (Wildman–Crippen LogP) is 4.60. The van der Waals surface area contributed by atoms with Gasteiger partial charge >= 0.3 is 0 Å². The quantitative estimate of drug-likeness (QED) is 0.320. The number of rotatable bonds is 7. The molecule has 4 aromatic rings. The largest absolute Gasteiger partial charge is 0.352 e. The normalized spacial score (nSPS) is 19.2. The number of H-pyrrole nitrogens is 1. The van der Waals surface area contributed by atoms with Crippen LogP contribution in [0, 0.1) is 5.82 Å². The third-order valence-corrected chi connectivity index (χ3v) is 7.66. The molecule has 4 heterocycles. The Morgan fingerprint density at radius 2 is 2.00 bits per heavy atom. The lowest BCUT2D eigenvalue weighted by Crippen LogP contribution is -2.36. The smallest absolute Gasteiger partial charge is 0.251 e. The third kappa shape index (κ3) is 4.98. The number of hydrogen-bond donors (Lipinski definition) is 3. The highest BCUT2D eigenvalue weighted by molar-refractivity contribution is 5.98. The van der Waals surface area contributed by atoms with E-state index in [9.17, 15) is 13.6 Å². The molecule has 1 amide bonds. The molecule has 2 aliphatic heterocycles. The molecule has 0 saturated carbocycles. The average Bonchev–Trinajstić information content (AvgIpc) is 3.64. The zero-order chi connectivity index (χ0) is 25.4. The van der Waals surface area contributed by atoms with E-state index in [1.54, 1.807) is 18.2 Å². The molecule has 9 heteroatoms. The van der Waals surface area contributed by atoms with Crippen LogP contribution >= 0.6 is 0 Å². The van der Waals surface area contributed by atoms with Gasteiger partial charge in [0.1, 0.15) is 12.0 Å². The summed E-state index contributed by atoms with van der Waals surface area (Å²) in [5.74, 6) is 0.193. The Kier molecular flexibility index (Phi) is 6.65. The molecule has 0 unspecified atom stereocenters. The van der Waals surface area contributed by atoms with Gasteiger partial charge in [-0.1, -0.05) is 6.07 Å². The number of benzene rings is 2. The second-order valence-electron chi connectivity index (χ2n) is 10.2. The Balaban J connectivity index is 1.12. The molecule has 6 rings (SSSR count). The fraction of sp³-hybridized carbons (Fsp3) is 0.429. The van der Waals surface area contributed by atoms with E-state index >= 15 is 0 Å². The van der Waals surface area contributed by atoms with E-state index in [1.165, 1.54) is 0 Å². The minimum atomic E-state index is -0.667. The van der Waals surface area contributed by atoms with Crippen molar-refractivity contribution in [3.8, 4) is 11.3 Å². The van der Waals surface area contributed by atoms with E-state index in [0.717, 1.165) is 62.0 Å². The number of aromatic amines is 1. The van der Waals surface area contributed by atoms with Gasteiger partial charge in [0.25, 0.3) is 5.91 Å². The van der Waals surface area contributed by atoms with Gasteiger partial charge in [-0.25, -0.2) is 13.8 Å². The van der Waals surface area contributed by atoms with E-state index in [4.69, 9.17) is 0 Å². The van der Waals surface area contributed by atoms with Crippen molar-refractivity contribution in [2.75, 3.05) is 32.7 Å². The first-order chi connectivity index (χ1) is 18.0. The van der Waals surface area contributed by atoms with Crippen molar-refractivity contribution in [2.24, 2.45) is 0 Å². The van der Waals surface area contributed by atoms with Crippen molar-refractivity contribution in [1.82, 2.24) is 29.9 Å². The Labute approximate surface area is 214 Å². The van der Waals surface area contributed by atoms with Gasteiger partial charge in [0.15, 0.2) is 0 Å². The lowest BCUT2D eigenvalue weighted by molar-refractivity contribution is 0.0950. The topological polar surface area (TPSA) is 77.5 Å². The molecule has 1 atom stereocenters. The summed E-state index contributed by atoms with van der Waals surface area (Å²) in [5.41, 5.74) is 4.23. The third-order valence-electron chi connectivity index (χ3n) is 7.66. The Hall–Kier alpha value is -3.30. The number of nitrogens with one attached hydrogen (secondary N) is 3. The molecule has 2 aromatic carbocycles. The van der Waals surface area contributed by atoms with Crippen LogP contribution < -0.4 is 10.6 Å². The van der Waals surface area contributed by atoms with Crippen LogP contribution in [0.2, 0.25) is 0 Å². The SMILES string of the molecule is O=C(NCCCN1CCC(F)CC1)c1ccc2c(c1)[nH]c1nc(-c3ccc([C@@H]4CCCN4)cc3F)cn12. The van der Waals surface area contributed by atoms with Crippen molar-refractivity contribution in [3.63, 3.8) is 0 Å². The molecule has 2 saturated heterocycles. The summed E-state index contributed by atoms with van der Waals surface area (Å²) in [6, 6.07) is 11.1. The van der Waals surface area contributed by atoms with Gasteiger partial charge < -0.3 is 20.5 Å². The molecule has 37 heavy (non-hydrogen) atoms. The maximum Gasteiger partial charge on any atom is 0.251 e. The van der Waals surface area contributed by atoms with Crippen LogP contribution in [0.4, 0.5) is 8.78 Å². The number of aromatic nitrogens is 3. The van der Waals surface area contributed by atoms with Crippen LogP contribution in [0.25, 0.3) is 28.1 Å². The Morgan fingerprint density at radius 3 is 2.78 bits per heavy atom. The van der Waals surface area contributed by atoms with Crippen LogP contribution in [-0.4, -0.2) is 64.1 Å². The monoisotopic (exact) mass is 506 g/mol. The predicted molar refractivity (Wildman–Crippen MR) is 140 cm³/mol. The number of halogens is 2. The second kappa shape index (κ2) is 10.2. The van der Waals surface area contributed by atoms with Gasteiger partial charge in [-0.3, -0.25) is 9.20 Å². The Bertz CT molecular complexity index is 1420. The number of carbonyl (C=O) groups is 1. The van der Waals surface area contributed by atoms with E-state index in [2.05, 4.69) is 25.5 Å².